The minimum absolute atomic E-state index is 0.0471. The monoisotopic (exact) mass is 431 g/mol. The number of amides is 1. The van der Waals surface area contributed by atoms with Gasteiger partial charge in [0.2, 0.25) is 21.9 Å². The molecule has 0 spiro atoms. The molecule has 0 radical (unpaired) electrons. The molecule has 0 saturated carbocycles. The number of anilines is 2. The normalized spacial score (nSPS) is 11.1. The molecule has 0 aliphatic carbocycles. The quantitative estimate of drug-likeness (QED) is 0.550. The van der Waals surface area contributed by atoms with E-state index >= 15 is 0 Å². The Bertz CT molecular complexity index is 1150. The van der Waals surface area contributed by atoms with Gasteiger partial charge in [-0.3, -0.25) is 4.79 Å². The van der Waals surface area contributed by atoms with Crippen LogP contribution in [0, 0.1) is 0 Å². The van der Waals surface area contributed by atoms with Gasteiger partial charge in [-0.15, -0.1) is 0 Å². The van der Waals surface area contributed by atoms with Crippen LogP contribution in [0.25, 0.3) is 11.1 Å². The molecule has 150 valence electrons. The Labute approximate surface area is 173 Å². The summed E-state index contributed by atoms with van der Waals surface area (Å²) in [4.78, 5) is 20.4. The highest BCUT2D eigenvalue weighted by Gasteiger charge is 2.18. The van der Waals surface area contributed by atoms with Crippen LogP contribution in [-0.2, 0) is 21.2 Å². The van der Waals surface area contributed by atoms with Crippen LogP contribution in [0.1, 0.15) is 5.56 Å². The lowest BCUT2D eigenvalue weighted by atomic mass is 10.1. The van der Waals surface area contributed by atoms with E-state index in [9.17, 15) is 13.2 Å². The maximum absolute atomic E-state index is 12.3. The van der Waals surface area contributed by atoms with E-state index in [1.54, 1.807) is 43.4 Å². The number of hydrogen-bond donors (Lipinski definition) is 3. The van der Waals surface area contributed by atoms with Crippen LogP contribution >= 0.6 is 11.6 Å². The molecule has 3 aromatic rings. The number of nitrogens with zero attached hydrogens (tertiary/aromatic N) is 2. The number of benzene rings is 2. The number of halogens is 1. The maximum Gasteiger partial charge on any atom is 0.238 e. The highest BCUT2D eigenvalue weighted by Crippen LogP contribution is 2.29. The third kappa shape index (κ3) is 5.08. The van der Waals surface area contributed by atoms with Crippen LogP contribution in [0.2, 0.25) is 5.02 Å². The molecular weight excluding hydrogens is 414 g/mol. The summed E-state index contributed by atoms with van der Waals surface area (Å²) >= 11 is 6.07. The summed E-state index contributed by atoms with van der Waals surface area (Å²) in [6.45, 7) is 0. The number of rotatable bonds is 6. The Hall–Kier alpha value is -3.01. The molecule has 1 aromatic heterocycles. The average molecular weight is 432 g/mol. The summed E-state index contributed by atoms with van der Waals surface area (Å²) in [7, 11) is -2.39. The Morgan fingerprint density at radius 2 is 1.83 bits per heavy atom. The van der Waals surface area contributed by atoms with Crippen molar-refractivity contribution in [3.63, 3.8) is 0 Å². The molecule has 1 amide bonds. The van der Waals surface area contributed by atoms with Gasteiger partial charge in [-0.25, -0.2) is 23.5 Å². The first-order chi connectivity index (χ1) is 13.8. The van der Waals surface area contributed by atoms with E-state index in [0.717, 1.165) is 0 Å². The fourth-order valence-corrected chi connectivity index (χ4v) is 3.68. The lowest BCUT2D eigenvalue weighted by Gasteiger charge is -2.12. The smallest absolute Gasteiger partial charge is 0.238 e. The molecule has 29 heavy (non-hydrogen) atoms. The number of aromatic nitrogens is 2. The van der Waals surface area contributed by atoms with Crippen molar-refractivity contribution in [1.29, 1.82) is 0 Å². The van der Waals surface area contributed by atoms with E-state index in [4.69, 9.17) is 16.7 Å². The fraction of sp³-hybridized carbons (Fsp3) is 0.105. The average Bonchev–Trinajstić information content (AvgIpc) is 2.69. The van der Waals surface area contributed by atoms with Crippen molar-refractivity contribution in [2.75, 3.05) is 17.7 Å². The molecule has 1 heterocycles. The van der Waals surface area contributed by atoms with E-state index < -0.39 is 10.0 Å². The predicted octanol–water partition coefficient (Wildman–Crippen LogP) is 2.67. The number of nitrogens with one attached hydrogen (secondary N) is 2. The lowest BCUT2D eigenvalue weighted by molar-refractivity contribution is -0.115. The molecule has 2 aromatic carbocycles. The van der Waals surface area contributed by atoms with Gasteiger partial charge in [0, 0.05) is 41.3 Å². The Morgan fingerprint density at radius 1 is 1.14 bits per heavy atom. The second kappa shape index (κ2) is 8.56. The highest BCUT2D eigenvalue weighted by molar-refractivity contribution is 7.89. The largest absolute Gasteiger partial charge is 0.357 e. The van der Waals surface area contributed by atoms with Crippen molar-refractivity contribution in [3.8, 4) is 11.1 Å². The van der Waals surface area contributed by atoms with Crippen molar-refractivity contribution in [3.05, 3.63) is 65.4 Å². The number of sulfonamides is 1. The number of carbonyl (C=O) groups is 1. The van der Waals surface area contributed by atoms with E-state index in [1.807, 2.05) is 0 Å². The van der Waals surface area contributed by atoms with Gasteiger partial charge >= 0.3 is 0 Å². The van der Waals surface area contributed by atoms with Crippen molar-refractivity contribution < 1.29 is 13.2 Å². The van der Waals surface area contributed by atoms with E-state index in [0.29, 0.717) is 33.3 Å². The summed E-state index contributed by atoms with van der Waals surface area (Å²) in [5.41, 5.74) is 1.76. The van der Waals surface area contributed by atoms with E-state index in [1.165, 1.54) is 18.5 Å². The van der Waals surface area contributed by atoms with Crippen molar-refractivity contribution >= 4 is 39.2 Å². The summed E-state index contributed by atoms with van der Waals surface area (Å²) < 4.78 is 24.2. The standard InChI is InChI=1S/C19H18ClN5O3S/c1-22-19-23-10-13(11-24-19)15-7-6-14(9-17(15)29(21,27)28)25-18(26)8-12-4-2-3-5-16(12)20/h2-7,9-11H,8H2,1H3,(H,25,26)(H2,21,27,28)(H,22,23,24). The van der Waals surface area contributed by atoms with Gasteiger partial charge in [0.1, 0.15) is 0 Å². The molecule has 0 atom stereocenters. The van der Waals surface area contributed by atoms with Crippen molar-refractivity contribution in [2.45, 2.75) is 11.3 Å². The van der Waals surface area contributed by atoms with Crippen LogP contribution in [0.3, 0.4) is 0 Å². The van der Waals surface area contributed by atoms with Crippen LogP contribution < -0.4 is 15.8 Å². The third-order valence-electron chi connectivity index (χ3n) is 4.07. The minimum atomic E-state index is -4.06. The number of carbonyl (C=O) groups excluding carboxylic acids is 1. The Morgan fingerprint density at radius 3 is 2.45 bits per heavy atom. The van der Waals surface area contributed by atoms with Gasteiger partial charge in [-0.05, 0) is 23.8 Å². The summed E-state index contributed by atoms with van der Waals surface area (Å²) in [5.74, 6) is 0.0577. The summed E-state index contributed by atoms with van der Waals surface area (Å²) in [6, 6.07) is 11.4. The van der Waals surface area contributed by atoms with Crippen LogP contribution in [0.4, 0.5) is 11.6 Å². The maximum atomic E-state index is 12.3. The summed E-state index contributed by atoms with van der Waals surface area (Å²) in [5, 5.41) is 11.3. The predicted molar refractivity (Wildman–Crippen MR) is 112 cm³/mol. The lowest BCUT2D eigenvalue weighted by Crippen LogP contribution is -2.17. The molecule has 0 bridgehead atoms. The number of nitrogens with two attached hydrogens (primary N) is 1. The van der Waals surface area contributed by atoms with Gasteiger partial charge in [0.15, 0.2) is 0 Å². The molecule has 0 aliphatic heterocycles. The highest BCUT2D eigenvalue weighted by atomic mass is 35.5. The minimum Gasteiger partial charge on any atom is -0.357 e. The zero-order valence-electron chi connectivity index (χ0n) is 15.4. The molecule has 4 N–H and O–H groups in total. The molecule has 8 nitrogen and oxygen atoms in total. The van der Waals surface area contributed by atoms with Gasteiger partial charge in [-0.1, -0.05) is 35.9 Å². The zero-order valence-corrected chi connectivity index (χ0v) is 17.0. The first kappa shape index (κ1) is 20.7. The van der Waals surface area contributed by atoms with E-state index in [-0.39, 0.29) is 17.2 Å². The zero-order chi connectivity index (χ0) is 21.0. The molecule has 0 fully saturated rings. The molecule has 0 aliphatic rings. The van der Waals surface area contributed by atoms with Gasteiger partial charge in [0.25, 0.3) is 0 Å². The van der Waals surface area contributed by atoms with Crippen LogP contribution in [0.5, 0.6) is 0 Å². The van der Waals surface area contributed by atoms with Crippen molar-refractivity contribution in [2.24, 2.45) is 5.14 Å². The summed E-state index contributed by atoms with van der Waals surface area (Å²) in [6.07, 6.45) is 3.02. The topological polar surface area (TPSA) is 127 Å². The molecule has 0 saturated heterocycles. The van der Waals surface area contributed by atoms with Crippen LogP contribution in [0.15, 0.2) is 59.8 Å². The van der Waals surface area contributed by atoms with Gasteiger partial charge in [0.05, 0.1) is 11.3 Å². The number of hydrogen-bond acceptors (Lipinski definition) is 6. The van der Waals surface area contributed by atoms with Gasteiger partial charge < -0.3 is 10.6 Å². The number of primary sulfonamides is 1. The third-order valence-corrected chi connectivity index (χ3v) is 5.39. The van der Waals surface area contributed by atoms with Crippen LogP contribution in [-0.4, -0.2) is 31.3 Å². The Balaban J connectivity index is 1.89. The molecular formula is C19H18ClN5O3S. The molecule has 10 heteroatoms. The fourth-order valence-electron chi connectivity index (χ4n) is 2.69. The Kier molecular flexibility index (Phi) is 6.12. The molecule has 0 unspecified atom stereocenters. The van der Waals surface area contributed by atoms with Gasteiger partial charge in [-0.2, -0.15) is 0 Å². The first-order valence-electron chi connectivity index (χ1n) is 8.48. The SMILES string of the molecule is CNc1ncc(-c2ccc(NC(=O)Cc3ccccc3Cl)cc2S(N)(=O)=O)cn1. The molecule has 3 rings (SSSR count). The second-order valence-corrected chi connectivity index (χ2v) is 8.05. The van der Waals surface area contributed by atoms with Crippen molar-refractivity contribution in [1.82, 2.24) is 9.97 Å². The van der Waals surface area contributed by atoms with E-state index in [2.05, 4.69) is 20.6 Å². The second-order valence-electron chi connectivity index (χ2n) is 6.12. The first-order valence-corrected chi connectivity index (χ1v) is 10.4.